The second kappa shape index (κ2) is 5.77. The Balaban J connectivity index is 1.99. The van der Waals surface area contributed by atoms with Crippen LogP contribution in [-0.2, 0) is 6.54 Å². The van der Waals surface area contributed by atoms with E-state index in [2.05, 4.69) is 15.3 Å². The molecule has 0 fully saturated rings. The molecule has 5 nitrogen and oxygen atoms in total. The molecule has 0 bridgehead atoms. The molecule has 0 spiro atoms. The average Bonchev–Trinajstić information content (AvgIpc) is 2.46. The summed E-state index contributed by atoms with van der Waals surface area (Å²) in [5.74, 6) is 0.253. The van der Waals surface area contributed by atoms with Crippen LogP contribution in [0.1, 0.15) is 15.9 Å². The van der Waals surface area contributed by atoms with E-state index in [9.17, 15) is 4.79 Å². The van der Waals surface area contributed by atoms with Crippen molar-refractivity contribution in [1.82, 2.24) is 15.3 Å². The minimum atomic E-state index is -0.167. The van der Waals surface area contributed by atoms with Gasteiger partial charge in [0, 0.05) is 36.8 Å². The summed E-state index contributed by atoms with van der Waals surface area (Å²) in [7, 11) is 1.51. The average molecular weight is 243 g/mol. The summed E-state index contributed by atoms with van der Waals surface area (Å²) in [6.07, 6.45) is 4.95. The summed E-state index contributed by atoms with van der Waals surface area (Å²) in [6.45, 7) is 0.442. The molecule has 2 heterocycles. The van der Waals surface area contributed by atoms with E-state index in [0.717, 1.165) is 5.56 Å². The van der Waals surface area contributed by atoms with Crippen LogP contribution in [0.4, 0.5) is 0 Å². The van der Waals surface area contributed by atoms with Gasteiger partial charge in [0.25, 0.3) is 5.91 Å². The fourth-order valence-corrected chi connectivity index (χ4v) is 1.45. The lowest BCUT2D eigenvalue weighted by Crippen LogP contribution is -2.22. The van der Waals surface area contributed by atoms with Gasteiger partial charge in [-0.05, 0) is 17.7 Å². The van der Waals surface area contributed by atoms with E-state index in [4.69, 9.17) is 4.74 Å². The smallest absolute Gasteiger partial charge is 0.251 e. The topological polar surface area (TPSA) is 64.1 Å². The lowest BCUT2D eigenvalue weighted by molar-refractivity contribution is 0.0950. The molecule has 0 atom stereocenters. The van der Waals surface area contributed by atoms with Gasteiger partial charge in [0.05, 0.1) is 7.11 Å². The second-order valence-corrected chi connectivity index (χ2v) is 3.63. The molecule has 0 saturated carbocycles. The fraction of sp³-hybridized carbons (Fsp3) is 0.154. The van der Waals surface area contributed by atoms with E-state index in [-0.39, 0.29) is 5.91 Å². The normalized spacial score (nSPS) is 9.83. The van der Waals surface area contributed by atoms with Crippen LogP contribution >= 0.6 is 0 Å². The predicted octanol–water partition coefficient (Wildman–Crippen LogP) is 1.42. The maximum Gasteiger partial charge on any atom is 0.251 e. The van der Waals surface area contributed by atoms with Gasteiger partial charge in [0.2, 0.25) is 5.88 Å². The van der Waals surface area contributed by atoms with E-state index in [1.165, 1.54) is 13.3 Å². The van der Waals surface area contributed by atoms with Gasteiger partial charge in [-0.2, -0.15) is 0 Å². The molecule has 0 saturated heterocycles. The third kappa shape index (κ3) is 3.04. The Morgan fingerprint density at radius 3 is 3.00 bits per heavy atom. The van der Waals surface area contributed by atoms with Gasteiger partial charge in [-0.15, -0.1) is 0 Å². The Labute approximate surface area is 105 Å². The molecular formula is C13H13N3O2. The Morgan fingerprint density at radius 2 is 2.28 bits per heavy atom. The molecule has 92 valence electrons. The van der Waals surface area contributed by atoms with Crippen LogP contribution in [0.15, 0.2) is 42.9 Å². The number of nitrogens with one attached hydrogen (secondary N) is 1. The van der Waals surface area contributed by atoms with Crippen molar-refractivity contribution in [3.8, 4) is 5.88 Å². The van der Waals surface area contributed by atoms with Crippen LogP contribution in [0.2, 0.25) is 0 Å². The summed E-state index contributed by atoms with van der Waals surface area (Å²) in [5.41, 5.74) is 1.47. The van der Waals surface area contributed by atoms with Crippen molar-refractivity contribution in [3.63, 3.8) is 0 Å². The highest BCUT2D eigenvalue weighted by molar-refractivity contribution is 5.94. The van der Waals surface area contributed by atoms with Crippen LogP contribution in [0.25, 0.3) is 0 Å². The number of hydrogen-bond acceptors (Lipinski definition) is 4. The summed E-state index contributed by atoms with van der Waals surface area (Å²) in [4.78, 5) is 19.8. The maximum absolute atomic E-state index is 11.9. The summed E-state index contributed by atoms with van der Waals surface area (Å²) >= 11 is 0. The van der Waals surface area contributed by atoms with Crippen molar-refractivity contribution >= 4 is 5.91 Å². The number of carbonyl (C=O) groups excluding carboxylic acids is 1. The first kappa shape index (κ1) is 12.0. The van der Waals surface area contributed by atoms with Crippen molar-refractivity contribution < 1.29 is 9.53 Å². The van der Waals surface area contributed by atoms with E-state index in [0.29, 0.717) is 18.0 Å². The highest BCUT2D eigenvalue weighted by atomic mass is 16.5. The molecule has 0 aliphatic carbocycles. The van der Waals surface area contributed by atoms with Crippen molar-refractivity contribution in [1.29, 1.82) is 0 Å². The van der Waals surface area contributed by atoms with Gasteiger partial charge in [-0.1, -0.05) is 6.07 Å². The Kier molecular flexibility index (Phi) is 3.86. The van der Waals surface area contributed by atoms with Gasteiger partial charge < -0.3 is 10.1 Å². The van der Waals surface area contributed by atoms with Crippen LogP contribution < -0.4 is 10.1 Å². The van der Waals surface area contributed by atoms with Crippen molar-refractivity contribution in [2.75, 3.05) is 7.11 Å². The van der Waals surface area contributed by atoms with E-state index < -0.39 is 0 Å². The molecule has 0 aromatic carbocycles. The largest absolute Gasteiger partial charge is 0.481 e. The molecule has 0 aliphatic heterocycles. The molecule has 2 aromatic heterocycles. The fourth-order valence-electron chi connectivity index (χ4n) is 1.45. The molecule has 0 radical (unpaired) electrons. The number of carbonyl (C=O) groups is 1. The molecule has 1 N–H and O–H groups in total. The quantitative estimate of drug-likeness (QED) is 0.882. The molecule has 0 unspecified atom stereocenters. The Hall–Kier alpha value is -2.43. The Morgan fingerprint density at radius 1 is 1.39 bits per heavy atom. The highest BCUT2D eigenvalue weighted by Gasteiger charge is 2.06. The number of hydrogen-bond donors (Lipinski definition) is 1. The monoisotopic (exact) mass is 243 g/mol. The zero-order chi connectivity index (χ0) is 12.8. The lowest BCUT2D eigenvalue weighted by Gasteiger charge is -2.05. The third-order valence-electron chi connectivity index (χ3n) is 2.38. The van der Waals surface area contributed by atoms with E-state index in [1.54, 1.807) is 24.5 Å². The van der Waals surface area contributed by atoms with Crippen LogP contribution in [-0.4, -0.2) is 23.0 Å². The van der Waals surface area contributed by atoms with Crippen molar-refractivity contribution in [2.45, 2.75) is 6.54 Å². The van der Waals surface area contributed by atoms with E-state index >= 15 is 0 Å². The van der Waals surface area contributed by atoms with Crippen molar-refractivity contribution in [3.05, 3.63) is 54.0 Å². The van der Waals surface area contributed by atoms with Gasteiger partial charge in [0.1, 0.15) is 0 Å². The minimum absolute atomic E-state index is 0.167. The Bertz CT molecular complexity index is 529. The number of methoxy groups -OCH3 is 1. The zero-order valence-corrected chi connectivity index (χ0v) is 9.96. The van der Waals surface area contributed by atoms with Crippen LogP contribution in [0.5, 0.6) is 5.88 Å². The van der Waals surface area contributed by atoms with Crippen LogP contribution in [0.3, 0.4) is 0 Å². The summed E-state index contributed by atoms with van der Waals surface area (Å²) in [6, 6.07) is 6.97. The number of ether oxygens (including phenoxy) is 1. The van der Waals surface area contributed by atoms with Gasteiger partial charge in [-0.3, -0.25) is 9.78 Å². The second-order valence-electron chi connectivity index (χ2n) is 3.63. The summed E-state index contributed by atoms with van der Waals surface area (Å²) < 4.78 is 4.97. The minimum Gasteiger partial charge on any atom is -0.481 e. The molecule has 18 heavy (non-hydrogen) atoms. The zero-order valence-electron chi connectivity index (χ0n) is 9.96. The van der Waals surface area contributed by atoms with Crippen LogP contribution in [0, 0.1) is 0 Å². The SMILES string of the molecule is COc1cc(C(=O)NCc2cccnc2)ccn1. The molecule has 0 aliphatic rings. The predicted molar refractivity (Wildman–Crippen MR) is 66.2 cm³/mol. The molecule has 2 rings (SSSR count). The van der Waals surface area contributed by atoms with Gasteiger partial charge >= 0.3 is 0 Å². The van der Waals surface area contributed by atoms with Gasteiger partial charge in [-0.25, -0.2) is 4.98 Å². The first-order valence-corrected chi connectivity index (χ1v) is 5.47. The number of amides is 1. The molecule has 2 aromatic rings. The number of rotatable bonds is 4. The first-order chi connectivity index (χ1) is 8.79. The van der Waals surface area contributed by atoms with Gasteiger partial charge in [0.15, 0.2) is 0 Å². The molecular weight excluding hydrogens is 230 g/mol. The third-order valence-corrected chi connectivity index (χ3v) is 2.38. The van der Waals surface area contributed by atoms with Crippen molar-refractivity contribution in [2.24, 2.45) is 0 Å². The molecule has 5 heteroatoms. The van der Waals surface area contributed by atoms with E-state index in [1.807, 2.05) is 12.1 Å². The maximum atomic E-state index is 11.9. The highest BCUT2D eigenvalue weighted by Crippen LogP contribution is 2.08. The number of aromatic nitrogens is 2. The molecule has 1 amide bonds. The summed E-state index contributed by atoms with van der Waals surface area (Å²) in [5, 5.41) is 2.80. The first-order valence-electron chi connectivity index (χ1n) is 5.47. The lowest BCUT2D eigenvalue weighted by atomic mass is 10.2. The number of nitrogens with zero attached hydrogens (tertiary/aromatic N) is 2. The standard InChI is InChI=1S/C13H13N3O2/c1-18-12-7-11(4-6-15-12)13(17)16-9-10-3-2-5-14-8-10/h2-8H,9H2,1H3,(H,16,17). The number of pyridine rings is 2.